The van der Waals surface area contributed by atoms with Crippen molar-refractivity contribution in [3.63, 3.8) is 0 Å². The summed E-state index contributed by atoms with van der Waals surface area (Å²) in [5, 5.41) is 4.15. The van der Waals surface area contributed by atoms with Gasteiger partial charge in [-0.1, -0.05) is 24.3 Å². The molecule has 1 saturated heterocycles. The van der Waals surface area contributed by atoms with Crippen LogP contribution in [0.4, 0.5) is 5.69 Å². The lowest BCUT2D eigenvalue weighted by Crippen LogP contribution is -2.29. The van der Waals surface area contributed by atoms with Gasteiger partial charge in [0.25, 0.3) is 0 Å². The summed E-state index contributed by atoms with van der Waals surface area (Å²) < 4.78 is 13.2. The number of hydrogen-bond donors (Lipinski definition) is 1. The zero-order chi connectivity index (χ0) is 21.5. The summed E-state index contributed by atoms with van der Waals surface area (Å²) in [6.45, 7) is 0.237. The molecule has 2 atom stereocenters. The van der Waals surface area contributed by atoms with Gasteiger partial charge in [-0.05, 0) is 60.2 Å². The molecule has 1 N–H and O–H groups in total. The highest BCUT2D eigenvalue weighted by molar-refractivity contribution is 7.80. The first-order chi connectivity index (χ1) is 15.8. The standard InChI is InChI=1S/C25H20N4O2S/c32-25-27-23(20-8-4-5-12-26-20)24(17-11-13-28(15-17)18-6-2-1-3-7-18)29(25)19-9-10-21-22(14-19)31-16-30-21/h1-15,23-24H,16H2,(H,27,32)/t23-,24-/m0/s1. The highest BCUT2D eigenvalue weighted by Crippen LogP contribution is 2.44. The Labute approximate surface area is 191 Å². The number of ether oxygens (including phenoxy) is 2. The molecule has 0 bridgehead atoms. The van der Waals surface area contributed by atoms with Crippen LogP contribution in [0.3, 0.4) is 0 Å². The summed E-state index contributed by atoms with van der Waals surface area (Å²) in [6, 6.07) is 24.1. The molecule has 0 amide bonds. The van der Waals surface area contributed by atoms with Crippen LogP contribution >= 0.6 is 12.2 Å². The first kappa shape index (κ1) is 18.9. The number of rotatable bonds is 4. The second-order valence-electron chi connectivity index (χ2n) is 7.72. The lowest BCUT2D eigenvalue weighted by Gasteiger charge is -2.27. The second-order valence-corrected chi connectivity index (χ2v) is 8.11. The zero-order valence-corrected chi connectivity index (χ0v) is 17.9. The smallest absolute Gasteiger partial charge is 0.231 e. The van der Waals surface area contributed by atoms with E-state index in [9.17, 15) is 0 Å². The summed E-state index contributed by atoms with van der Waals surface area (Å²) in [4.78, 5) is 6.76. The van der Waals surface area contributed by atoms with Crippen LogP contribution in [0.2, 0.25) is 0 Å². The van der Waals surface area contributed by atoms with Gasteiger partial charge in [0.2, 0.25) is 6.79 Å². The molecule has 6 nitrogen and oxygen atoms in total. The van der Waals surface area contributed by atoms with Gasteiger partial charge < -0.3 is 24.3 Å². The molecule has 0 saturated carbocycles. The van der Waals surface area contributed by atoms with E-state index in [0.717, 1.165) is 34.1 Å². The molecule has 0 spiro atoms. The minimum atomic E-state index is -0.0965. The van der Waals surface area contributed by atoms with Gasteiger partial charge in [0.1, 0.15) is 0 Å². The van der Waals surface area contributed by atoms with Gasteiger partial charge in [0.15, 0.2) is 16.6 Å². The van der Waals surface area contributed by atoms with Crippen molar-refractivity contribution in [2.75, 3.05) is 11.7 Å². The van der Waals surface area contributed by atoms with Crippen molar-refractivity contribution in [2.24, 2.45) is 0 Å². The Balaban J connectivity index is 1.45. The van der Waals surface area contributed by atoms with Crippen LogP contribution < -0.4 is 19.7 Å². The average Bonchev–Trinajstić information content (AvgIpc) is 3.58. The molecule has 4 aromatic rings. The van der Waals surface area contributed by atoms with Crippen LogP contribution in [0.5, 0.6) is 11.5 Å². The summed E-state index contributed by atoms with van der Waals surface area (Å²) >= 11 is 5.81. The quantitative estimate of drug-likeness (QED) is 0.461. The molecule has 2 aromatic heterocycles. The molecule has 158 valence electrons. The van der Waals surface area contributed by atoms with Crippen LogP contribution in [0, 0.1) is 0 Å². The number of fused-ring (bicyclic) bond motifs is 1. The van der Waals surface area contributed by atoms with Gasteiger partial charge >= 0.3 is 0 Å². The molecule has 2 aromatic carbocycles. The maximum Gasteiger partial charge on any atom is 0.231 e. The Bertz CT molecular complexity index is 1280. The third-order valence-corrected chi connectivity index (χ3v) is 6.16. The predicted octanol–water partition coefficient (Wildman–Crippen LogP) is 4.78. The molecule has 0 radical (unpaired) electrons. The van der Waals surface area contributed by atoms with E-state index >= 15 is 0 Å². The molecular formula is C25H20N4O2S. The Hall–Kier alpha value is -3.84. The zero-order valence-electron chi connectivity index (χ0n) is 17.1. The Morgan fingerprint density at radius 3 is 2.59 bits per heavy atom. The van der Waals surface area contributed by atoms with Crippen molar-refractivity contribution < 1.29 is 9.47 Å². The van der Waals surface area contributed by atoms with Crippen molar-refractivity contribution in [3.8, 4) is 17.2 Å². The SMILES string of the molecule is S=C1N[C@@H](c2ccccn2)[C@H](c2ccn(-c3ccccc3)c2)N1c1ccc2c(c1)OCO2. The molecule has 2 aliphatic heterocycles. The van der Waals surface area contributed by atoms with E-state index in [-0.39, 0.29) is 18.9 Å². The summed E-state index contributed by atoms with van der Waals surface area (Å²) in [5.41, 5.74) is 4.13. The molecule has 4 heterocycles. The molecule has 6 rings (SSSR count). The number of thiocarbonyl (C=S) groups is 1. The van der Waals surface area contributed by atoms with Crippen LogP contribution in [-0.4, -0.2) is 21.5 Å². The summed E-state index contributed by atoms with van der Waals surface area (Å²) in [7, 11) is 0. The highest BCUT2D eigenvalue weighted by atomic mass is 32.1. The van der Waals surface area contributed by atoms with Gasteiger partial charge in [0, 0.05) is 36.0 Å². The van der Waals surface area contributed by atoms with E-state index in [4.69, 9.17) is 21.7 Å². The minimum Gasteiger partial charge on any atom is -0.454 e. The monoisotopic (exact) mass is 440 g/mol. The molecule has 1 fully saturated rings. The van der Waals surface area contributed by atoms with E-state index in [1.807, 2.05) is 60.8 Å². The second kappa shape index (κ2) is 7.69. The molecule has 0 aliphatic carbocycles. The maximum atomic E-state index is 5.81. The molecule has 2 aliphatic rings. The Morgan fingerprint density at radius 1 is 0.906 bits per heavy atom. The van der Waals surface area contributed by atoms with Gasteiger partial charge in [-0.25, -0.2) is 0 Å². The first-order valence-corrected chi connectivity index (χ1v) is 10.8. The van der Waals surface area contributed by atoms with Crippen molar-refractivity contribution in [3.05, 3.63) is 103 Å². The van der Waals surface area contributed by atoms with Crippen molar-refractivity contribution >= 4 is 23.0 Å². The molecular weight excluding hydrogens is 420 g/mol. The van der Waals surface area contributed by atoms with Gasteiger partial charge in [-0.15, -0.1) is 0 Å². The van der Waals surface area contributed by atoms with Gasteiger partial charge in [0.05, 0.1) is 17.8 Å². The molecule has 0 unspecified atom stereocenters. The number of nitrogens with one attached hydrogen (secondary N) is 1. The van der Waals surface area contributed by atoms with Crippen molar-refractivity contribution in [1.29, 1.82) is 0 Å². The third kappa shape index (κ3) is 3.18. The predicted molar refractivity (Wildman–Crippen MR) is 126 cm³/mol. The number of para-hydroxylation sites is 1. The maximum absolute atomic E-state index is 5.81. The minimum absolute atomic E-state index is 0.0808. The fraction of sp³-hybridized carbons (Fsp3) is 0.120. The fourth-order valence-corrected chi connectivity index (χ4v) is 4.70. The van der Waals surface area contributed by atoms with E-state index in [1.54, 1.807) is 0 Å². The van der Waals surface area contributed by atoms with Crippen LogP contribution in [0.1, 0.15) is 23.3 Å². The lowest BCUT2D eigenvalue weighted by atomic mass is 9.98. The van der Waals surface area contributed by atoms with E-state index < -0.39 is 0 Å². The lowest BCUT2D eigenvalue weighted by molar-refractivity contribution is 0.174. The highest BCUT2D eigenvalue weighted by Gasteiger charge is 2.41. The van der Waals surface area contributed by atoms with Crippen molar-refractivity contribution in [1.82, 2.24) is 14.9 Å². The van der Waals surface area contributed by atoms with E-state index in [2.05, 4.69) is 50.4 Å². The van der Waals surface area contributed by atoms with Crippen LogP contribution in [0.15, 0.2) is 91.4 Å². The van der Waals surface area contributed by atoms with Gasteiger partial charge in [-0.2, -0.15) is 0 Å². The normalized spacial score (nSPS) is 19.2. The number of benzene rings is 2. The first-order valence-electron chi connectivity index (χ1n) is 10.4. The number of hydrogen-bond acceptors (Lipinski definition) is 4. The van der Waals surface area contributed by atoms with E-state index in [1.165, 1.54) is 0 Å². The number of pyridine rings is 1. The largest absolute Gasteiger partial charge is 0.454 e. The Morgan fingerprint density at radius 2 is 1.75 bits per heavy atom. The fourth-order valence-electron chi connectivity index (χ4n) is 4.36. The topological polar surface area (TPSA) is 51.6 Å². The van der Waals surface area contributed by atoms with Crippen molar-refractivity contribution in [2.45, 2.75) is 12.1 Å². The number of aromatic nitrogens is 2. The number of anilines is 1. The molecule has 7 heteroatoms. The molecule has 32 heavy (non-hydrogen) atoms. The Kier molecular flexibility index (Phi) is 4.54. The number of nitrogens with zero attached hydrogens (tertiary/aromatic N) is 3. The summed E-state index contributed by atoms with van der Waals surface area (Å²) in [5.74, 6) is 1.48. The average molecular weight is 441 g/mol. The van der Waals surface area contributed by atoms with E-state index in [0.29, 0.717) is 5.11 Å². The van der Waals surface area contributed by atoms with Crippen LogP contribution in [0.25, 0.3) is 5.69 Å². The van der Waals surface area contributed by atoms with Gasteiger partial charge in [-0.3, -0.25) is 4.98 Å². The summed E-state index contributed by atoms with van der Waals surface area (Å²) in [6.07, 6.45) is 6.06. The van der Waals surface area contributed by atoms with Crippen LogP contribution in [-0.2, 0) is 0 Å². The third-order valence-electron chi connectivity index (χ3n) is 5.84.